The fraction of sp³-hybridized carbons (Fsp3) is 0.250. The maximum atomic E-state index is 13.2. The summed E-state index contributed by atoms with van der Waals surface area (Å²) in [6.45, 7) is -0.0915. The number of ether oxygens (including phenoxy) is 2. The third-order valence-electron chi connectivity index (χ3n) is 6.69. The Labute approximate surface area is 244 Å². The molecule has 1 saturated heterocycles. The van der Waals surface area contributed by atoms with Crippen LogP contribution in [-0.2, 0) is 9.59 Å². The molecular formula is C28H22F6N4O6. The van der Waals surface area contributed by atoms with Gasteiger partial charge in [0.05, 0.1) is 5.56 Å². The quantitative estimate of drug-likeness (QED) is 0.117. The maximum Gasteiger partial charge on any atom is 0.491 e. The van der Waals surface area contributed by atoms with Gasteiger partial charge in [0.15, 0.2) is 0 Å². The Kier molecular flexibility index (Phi) is 8.83. The smallest absolute Gasteiger partial charge is 0.491 e. The number of hydrogen-bond acceptors (Lipinski definition) is 8. The lowest BCUT2D eigenvalue weighted by atomic mass is 9.86. The van der Waals surface area contributed by atoms with E-state index in [1.807, 2.05) is 0 Å². The number of aromatic hydroxyl groups is 1. The van der Waals surface area contributed by atoms with E-state index in [0.29, 0.717) is 11.3 Å². The number of halogens is 6. The van der Waals surface area contributed by atoms with E-state index in [2.05, 4.69) is 14.5 Å². The van der Waals surface area contributed by atoms with Gasteiger partial charge < -0.3 is 25.2 Å². The number of likely N-dealkylation sites (tertiary alicyclic amines) is 1. The van der Waals surface area contributed by atoms with Crippen LogP contribution >= 0.6 is 0 Å². The van der Waals surface area contributed by atoms with Crippen LogP contribution in [0.15, 0.2) is 54.7 Å². The van der Waals surface area contributed by atoms with Crippen LogP contribution in [-0.4, -0.2) is 64.1 Å². The highest BCUT2D eigenvalue weighted by molar-refractivity contribution is 6.00. The molecule has 232 valence electrons. The molecule has 1 fully saturated rings. The number of amidine groups is 1. The second kappa shape index (κ2) is 12.2. The maximum absolute atomic E-state index is 13.2. The summed E-state index contributed by atoms with van der Waals surface area (Å²) in [6.07, 6.45) is -9.65. The van der Waals surface area contributed by atoms with Crippen molar-refractivity contribution in [2.24, 2.45) is 5.73 Å². The minimum atomic E-state index is -5.52. The third-order valence-corrected chi connectivity index (χ3v) is 6.69. The fourth-order valence-corrected chi connectivity index (χ4v) is 4.63. The number of aromatic nitrogens is 1. The fourth-order valence-electron chi connectivity index (χ4n) is 4.63. The Balaban J connectivity index is 1.62. The van der Waals surface area contributed by atoms with Gasteiger partial charge in [-0.1, -0.05) is 12.1 Å². The highest BCUT2D eigenvalue weighted by Crippen LogP contribution is 2.44. The van der Waals surface area contributed by atoms with E-state index < -0.39 is 64.6 Å². The molecule has 0 unspecified atom stereocenters. The summed E-state index contributed by atoms with van der Waals surface area (Å²) >= 11 is 0. The molecule has 1 aliphatic rings. The van der Waals surface area contributed by atoms with Gasteiger partial charge >= 0.3 is 24.3 Å². The molecule has 16 heteroatoms. The average molecular weight is 624 g/mol. The number of piperidine rings is 1. The van der Waals surface area contributed by atoms with E-state index in [-0.39, 0.29) is 37.2 Å². The first-order valence-corrected chi connectivity index (χ1v) is 12.7. The molecule has 0 bridgehead atoms. The van der Waals surface area contributed by atoms with Crippen molar-refractivity contribution in [3.63, 3.8) is 0 Å². The Morgan fingerprint density at radius 3 is 2.05 bits per heavy atom. The predicted molar refractivity (Wildman–Crippen MR) is 140 cm³/mol. The van der Waals surface area contributed by atoms with E-state index >= 15 is 0 Å². The number of nitrogens with two attached hydrogens (primary N) is 1. The van der Waals surface area contributed by atoms with Crippen molar-refractivity contribution in [1.82, 2.24) is 9.88 Å². The molecule has 4 N–H and O–H groups in total. The lowest BCUT2D eigenvalue weighted by Gasteiger charge is -2.34. The molecule has 1 amide bonds. The van der Waals surface area contributed by atoms with Crippen molar-refractivity contribution < 1.29 is 55.3 Å². The van der Waals surface area contributed by atoms with Gasteiger partial charge in [0.25, 0.3) is 5.91 Å². The molecule has 2 aromatic carbocycles. The van der Waals surface area contributed by atoms with E-state index in [9.17, 15) is 45.8 Å². The van der Waals surface area contributed by atoms with Crippen molar-refractivity contribution in [3.8, 4) is 28.5 Å². The molecule has 4 rings (SSSR count). The van der Waals surface area contributed by atoms with E-state index in [0.717, 1.165) is 12.1 Å². The van der Waals surface area contributed by atoms with Crippen molar-refractivity contribution in [3.05, 3.63) is 71.4 Å². The number of benzene rings is 2. The molecule has 1 aromatic heterocycles. The Bertz CT molecular complexity index is 1600. The number of pyridine rings is 1. The van der Waals surface area contributed by atoms with Gasteiger partial charge in [-0.2, -0.15) is 26.3 Å². The summed E-state index contributed by atoms with van der Waals surface area (Å²) < 4.78 is 87.3. The molecule has 44 heavy (non-hydrogen) atoms. The minimum absolute atomic E-state index is 0.0457. The molecule has 10 nitrogen and oxygen atoms in total. The summed E-state index contributed by atoms with van der Waals surface area (Å²) in [5.41, 5.74) is 5.46. The first-order valence-electron chi connectivity index (χ1n) is 12.7. The molecule has 0 spiro atoms. The highest BCUT2D eigenvalue weighted by Gasteiger charge is 2.45. The number of rotatable bonds is 6. The third kappa shape index (κ3) is 6.90. The van der Waals surface area contributed by atoms with Gasteiger partial charge in [0.1, 0.15) is 28.8 Å². The number of carbonyl (C=O) groups is 3. The standard InChI is InChI=1S/C28H22F6N4O6/c29-27(30,31)25(41)43-19-8-7-17(23(35)36)22(44-26(42)28(32,33)34)20(19)14-9-12-38(13-10-14)24(40)16-5-3-15(4-6-16)21-18(39)2-1-11-37-21/h1-8,11,14,39H,9-10,12-13H2,(H3,35,36). The number of nitrogens with zero attached hydrogens (tertiary/aromatic N) is 2. The van der Waals surface area contributed by atoms with Gasteiger partial charge in [-0.05, 0) is 55.2 Å². The van der Waals surface area contributed by atoms with Gasteiger partial charge in [-0.15, -0.1) is 0 Å². The zero-order valence-electron chi connectivity index (χ0n) is 22.3. The molecule has 0 aliphatic carbocycles. The number of carbonyl (C=O) groups excluding carboxylic acids is 3. The zero-order chi connectivity index (χ0) is 32.4. The van der Waals surface area contributed by atoms with Crippen molar-refractivity contribution >= 4 is 23.7 Å². The Morgan fingerprint density at radius 1 is 0.909 bits per heavy atom. The number of nitrogens with one attached hydrogen (secondary N) is 1. The van der Waals surface area contributed by atoms with Crippen LogP contribution in [0, 0.1) is 5.41 Å². The topological polar surface area (TPSA) is 156 Å². The first kappa shape index (κ1) is 31.8. The number of hydrogen-bond donors (Lipinski definition) is 3. The van der Waals surface area contributed by atoms with E-state index in [1.165, 1.54) is 29.3 Å². The minimum Gasteiger partial charge on any atom is -0.506 e. The van der Waals surface area contributed by atoms with Crippen LogP contribution in [0.4, 0.5) is 26.3 Å². The zero-order valence-corrected chi connectivity index (χ0v) is 22.3. The summed E-state index contributed by atoms with van der Waals surface area (Å²) in [5.74, 6) is -9.62. The molecule has 3 aromatic rings. The highest BCUT2D eigenvalue weighted by atomic mass is 19.4. The summed E-state index contributed by atoms with van der Waals surface area (Å²) in [4.78, 5) is 42.0. The van der Waals surface area contributed by atoms with Gasteiger partial charge in [-0.3, -0.25) is 15.2 Å². The van der Waals surface area contributed by atoms with Crippen molar-refractivity contribution in [2.75, 3.05) is 13.1 Å². The van der Waals surface area contributed by atoms with Crippen LogP contribution in [0.2, 0.25) is 0 Å². The normalized spacial score (nSPS) is 14.2. The molecule has 0 radical (unpaired) electrons. The SMILES string of the molecule is N=C(N)c1ccc(OC(=O)C(F)(F)F)c(C2CCN(C(=O)c3ccc(-c4ncccc4O)cc3)CC2)c1OC(=O)C(F)(F)F. The largest absolute Gasteiger partial charge is 0.506 e. The predicted octanol–water partition coefficient (Wildman–Crippen LogP) is 4.69. The van der Waals surface area contributed by atoms with Crippen molar-refractivity contribution in [2.45, 2.75) is 31.1 Å². The average Bonchev–Trinajstić information content (AvgIpc) is 2.96. The van der Waals surface area contributed by atoms with Crippen LogP contribution in [0.1, 0.15) is 40.2 Å². The molecule has 0 atom stereocenters. The van der Waals surface area contributed by atoms with Crippen molar-refractivity contribution in [1.29, 1.82) is 5.41 Å². The van der Waals surface area contributed by atoms with E-state index in [1.54, 1.807) is 18.2 Å². The Morgan fingerprint density at radius 2 is 1.50 bits per heavy atom. The number of amides is 1. The number of alkyl halides is 6. The van der Waals surface area contributed by atoms with Gasteiger partial charge in [0.2, 0.25) is 0 Å². The molecular weight excluding hydrogens is 602 g/mol. The summed E-state index contributed by atoms with van der Waals surface area (Å²) in [6, 6.07) is 10.7. The molecule has 1 aliphatic heterocycles. The van der Waals surface area contributed by atoms with Crippen LogP contribution in [0.5, 0.6) is 17.2 Å². The van der Waals surface area contributed by atoms with Crippen LogP contribution in [0.3, 0.4) is 0 Å². The lowest BCUT2D eigenvalue weighted by molar-refractivity contribution is -0.190. The van der Waals surface area contributed by atoms with Crippen LogP contribution in [0.25, 0.3) is 11.3 Å². The first-order chi connectivity index (χ1) is 20.6. The van der Waals surface area contributed by atoms with Crippen LogP contribution < -0.4 is 15.2 Å². The molecule has 0 saturated carbocycles. The van der Waals surface area contributed by atoms with Gasteiger partial charge in [0, 0.05) is 36.0 Å². The van der Waals surface area contributed by atoms with Gasteiger partial charge in [-0.25, -0.2) is 9.59 Å². The lowest BCUT2D eigenvalue weighted by Crippen LogP contribution is -2.38. The Hall–Kier alpha value is -5.15. The summed E-state index contributed by atoms with van der Waals surface area (Å²) in [7, 11) is 0. The monoisotopic (exact) mass is 624 g/mol. The number of nitrogen functional groups attached to an aromatic ring is 1. The molecule has 2 heterocycles. The second-order valence-corrected chi connectivity index (χ2v) is 9.56. The second-order valence-electron chi connectivity index (χ2n) is 9.56. The number of esters is 2. The van der Waals surface area contributed by atoms with E-state index in [4.69, 9.17) is 11.1 Å². The summed E-state index contributed by atoms with van der Waals surface area (Å²) in [5, 5.41) is 17.7.